The number of aromatic hydroxyl groups is 1. The summed E-state index contributed by atoms with van der Waals surface area (Å²) in [6, 6.07) is 11.9. The molecule has 1 saturated carbocycles. The van der Waals surface area contributed by atoms with Crippen molar-refractivity contribution in [2.24, 2.45) is 5.41 Å². The summed E-state index contributed by atoms with van der Waals surface area (Å²) < 4.78 is 22.2. The van der Waals surface area contributed by atoms with Gasteiger partial charge in [0, 0.05) is 28.1 Å². The number of carboxylic acid groups (broad SMARTS) is 1. The molecule has 0 amide bonds. The van der Waals surface area contributed by atoms with Gasteiger partial charge in [-0.15, -0.1) is 0 Å². The number of carbonyl (C=O) groups is 1. The Morgan fingerprint density at radius 1 is 1.16 bits per heavy atom. The summed E-state index contributed by atoms with van der Waals surface area (Å²) in [4.78, 5) is 12.0. The molecule has 2 aliphatic rings. The third kappa shape index (κ3) is 3.04. The third-order valence-electron chi connectivity index (χ3n) is 7.39. The summed E-state index contributed by atoms with van der Waals surface area (Å²) in [5.74, 6) is -0.929. The van der Waals surface area contributed by atoms with E-state index in [1.165, 1.54) is 12.1 Å². The lowest BCUT2D eigenvalue weighted by atomic mass is 9.67. The van der Waals surface area contributed by atoms with Crippen LogP contribution in [-0.4, -0.2) is 33.5 Å². The zero-order valence-corrected chi connectivity index (χ0v) is 18.6. The van der Waals surface area contributed by atoms with Crippen molar-refractivity contribution in [1.29, 1.82) is 0 Å². The highest BCUT2D eigenvalue weighted by molar-refractivity contribution is 5.93. The zero-order chi connectivity index (χ0) is 22.8. The van der Waals surface area contributed by atoms with Gasteiger partial charge in [-0.1, -0.05) is 19.9 Å². The van der Waals surface area contributed by atoms with Crippen LogP contribution in [0.25, 0.3) is 16.6 Å². The number of hydrogen-bond acceptors (Lipinski definition) is 3. The van der Waals surface area contributed by atoms with Crippen LogP contribution >= 0.6 is 0 Å². The van der Waals surface area contributed by atoms with Gasteiger partial charge in [0.25, 0.3) is 0 Å². The SMILES string of the molecule is CC1(C)COC2C[C@@](C)(C(=O)O)CCC2c2c1n(-c1ccc(F)cc1)c1cccc(O)c21. The number of phenolic OH excluding ortho intramolecular Hbond substituents is 1. The Balaban J connectivity index is 1.80. The number of ether oxygens (including phenoxy) is 1. The molecule has 3 aromatic rings. The molecular formula is C26H28FNO4. The predicted molar refractivity (Wildman–Crippen MR) is 120 cm³/mol. The van der Waals surface area contributed by atoms with E-state index >= 15 is 0 Å². The van der Waals surface area contributed by atoms with E-state index in [0.29, 0.717) is 25.9 Å². The summed E-state index contributed by atoms with van der Waals surface area (Å²) in [5, 5.41) is 21.6. The molecule has 5 nitrogen and oxygen atoms in total. The van der Waals surface area contributed by atoms with Gasteiger partial charge < -0.3 is 19.5 Å². The van der Waals surface area contributed by atoms with Gasteiger partial charge in [0.1, 0.15) is 11.6 Å². The quantitative estimate of drug-likeness (QED) is 0.555. The van der Waals surface area contributed by atoms with E-state index in [-0.39, 0.29) is 23.6 Å². The monoisotopic (exact) mass is 437 g/mol. The first-order valence-electron chi connectivity index (χ1n) is 11.1. The van der Waals surface area contributed by atoms with Gasteiger partial charge in [-0.3, -0.25) is 4.79 Å². The lowest BCUT2D eigenvalue weighted by Gasteiger charge is -2.39. The molecule has 1 aromatic heterocycles. The second-order valence-electron chi connectivity index (χ2n) is 10.2. The Labute approximate surface area is 186 Å². The molecule has 2 N–H and O–H groups in total. The molecule has 1 aliphatic carbocycles. The number of halogens is 1. The Bertz CT molecular complexity index is 1210. The highest BCUT2D eigenvalue weighted by atomic mass is 19.1. The summed E-state index contributed by atoms with van der Waals surface area (Å²) >= 11 is 0. The molecule has 2 heterocycles. The maximum absolute atomic E-state index is 13.7. The maximum Gasteiger partial charge on any atom is 0.309 e. The first-order valence-corrected chi connectivity index (χ1v) is 11.1. The van der Waals surface area contributed by atoms with Crippen molar-refractivity contribution in [3.63, 3.8) is 0 Å². The van der Waals surface area contributed by atoms with Crippen LogP contribution in [0.2, 0.25) is 0 Å². The Morgan fingerprint density at radius 2 is 1.88 bits per heavy atom. The number of rotatable bonds is 2. The maximum atomic E-state index is 13.7. The van der Waals surface area contributed by atoms with Crippen LogP contribution in [0.15, 0.2) is 42.5 Å². The fourth-order valence-electron chi connectivity index (χ4n) is 5.67. The van der Waals surface area contributed by atoms with Gasteiger partial charge in [0.15, 0.2) is 0 Å². The van der Waals surface area contributed by atoms with E-state index in [1.54, 1.807) is 25.1 Å². The Hall–Kier alpha value is -2.86. The summed E-state index contributed by atoms with van der Waals surface area (Å²) in [6.07, 6.45) is 1.38. The largest absolute Gasteiger partial charge is 0.507 e. The number of hydrogen-bond donors (Lipinski definition) is 2. The average Bonchev–Trinajstić information content (AvgIpc) is 3.05. The van der Waals surface area contributed by atoms with Crippen molar-refractivity contribution in [2.75, 3.05) is 6.61 Å². The number of phenols is 1. The third-order valence-corrected chi connectivity index (χ3v) is 7.39. The number of nitrogens with zero attached hydrogens (tertiary/aromatic N) is 1. The Morgan fingerprint density at radius 3 is 2.56 bits per heavy atom. The highest BCUT2D eigenvalue weighted by Crippen LogP contribution is 2.53. The molecule has 1 aliphatic heterocycles. The molecule has 168 valence electrons. The number of carboxylic acids is 1. The van der Waals surface area contributed by atoms with E-state index < -0.39 is 16.8 Å². The van der Waals surface area contributed by atoms with Crippen LogP contribution in [0.5, 0.6) is 5.75 Å². The molecule has 0 spiro atoms. The molecular weight excluding hydrogens is 409 g/mol. The van der Waals surface area contributed by atoms with Gasteiger partial charge in [0.2, 0.25) is 0 Å². The normalized spacial score (nSPS) is 26.9. The molecule has 3 atom stereocenters. The number of fused-ring (bicyclic) bond motifs is 5. The van der Waals surface area contributed by atoms with Crippen LogP contribution in [-0.2, 0) is 14.9 Å². The molecule has 2 aromatic carbocycles. The van der Waals surface area contributed by atoms with Gasteiger partial charge in [0.05, 0.1) is 23.6 Å². The van der Waals surface area contributed by atoms with Crippen molar-refractivity contribution < 1.29 is 24.1 Å². The summed E-state index contributed by atoms with van der Waals surface area (Å²) in [5.41, 5.74) is 2.51. The van der Waals surface area contributed by atoms with Crippen molar-refractivity contribution >= 4 is 16.9 Å². The molecule has 32 heavy (non-hydrogen) atoms. The number of aliphatic carboxylic acids is 1. The van der Waals surface area contributed by atoms with E-state index in [2.05, 4.69) is 18.4 Å². The zero-order valence-electron chi connectivity index (χ0n) is 18.6. The highest BCUT2D eigenvalue weighted by Gasteiger charge is 2.49. The summed E-state index contributed by atoms with van der Waals surface area (Å²) in [6.45, 7) is 6.44. The second-order valence-corrected chi connectivity index (χ2v) is 10.2. The average molecular weight is 438 g/mol. The smallest absolute Gasteiger partial charge is 0.309 e. The van der Waals surface area contributed by atoms with E-state index in [9.17, 15) is 19.4 Å². The lowest BCUT2D eigenvalue weighted by molar-refractivity contribution is -0.154. The minimum absolute atomic E-state index is 0.0308. The molecule has 1 fully saturated rings. The lowest BCUT2D eigenvalue weighted by Crippen LogP contribution is -2.40. The minimum Gasteiger partial charge on any atom is -0.507 e. The van der Waals surface area contributed by atoms with Gasteiger partial charge in [-0.05, 0) is 68.1 Å². The van der Waals surface area contributed by atoms with Gasteiger partial charge in [-0.25, -0.2) is 4.39 Å². The van der Waals surface area contributed by atoms with Crippen LogP contribution in [0.3, 0.4) is 0 Å². The van der Waals surface area contributed by atoms with Crippen molar-refractivity contribution in [3.05, 3.63) is 59.5 Å². The molecule has 5 rings (SSSR count). The number of aromatic nitrogens is 1. The standard InChI is InChI=1S/C26H28FNO4/c1-25(2)14-32-20-13-26(3,24(30)31)12-11-17(20)21-22-18(5-4-6-19(22)29)28(23(21)25)16-9-7-15(27)8-10-16/h4-10,17,20,29H,11-14H2,1-3H3,(H,30,31)/t17?,20?,26-/m0/s1. The first-order chi connectivity index (χ1) is 15.1. The molecule has 0 radical (unpaired) electrons. The second kappa shape index (κ2) is 7.07. The molecule has 0 bridgehead atoms. The predicted octanol–water partition coefficient (Wildman–Crippen LogP) is 5.51. The topological polar surface area (TPSA) is 71.7 Å². The van der Waals surface area contributed by atoms with Crippen LogP contribution in [0.4, 0.5) is 4.39 Å². The molecule has 6 heteroatoms. The fourth-order valence-corrected chi connectivity index (χ4v) is 5.67. The molecule has 2 unspecified atom stereocenters. The van der Waals surface area contributed by atoms with Crippen molar-refractivity contribution in [1.82, 2.24) is 4.57 Å². The van der Waals surface area contributed by atoms with Crippen LogP contribution < -0.4 is 0 Å². The summed E-state index contributed by atoms with van der Waals surface area (Å²) in [7, 11) is 0. The van der Waals surface area contributed by atoms with Gasteiger partial charge in [-0.2, -0.15) is 0 Å². The molecule has 0 saturated heterocycles. The van der Waals surface area contributed by atoms with Crippen LogP contribution in [0.1, 0.15) is 57.2 Å². The Kier molecular flexibility index (Phi) is 4.64. The van der Waals surface area contributed by atoms with E-state index in [1.807, 2.05) is 12.1 Å². The van der Waals surface area contributed by atoms with Gasteiger partial charge >= 0.3 is 5.97 Å². The van der Waals surface area contributed by atoms with Crippen molar-refractivity contribution in [2.45, 2.75) is 57.5 Å². The fraction of sp³-hybridized carbons (Fsp3) is 0.423. The van der Waals surface area contributed by atoms with E-state index in [0.717, 1.165) is 27.8 Å². The van der Waals surface area contributed by atoms with Crippen molar-refractivity contribution in [3.8, 4) is 11.4 Å². The number of benzene rings is 2. The van der Waals surface area contributed by atoms with E-state index in [4.69, 9.17) is 4.74 Å². The minimum atomic E-state index is -0.826. The first kappa shape index (κ1) is 21.0. The van der Waals surface area contributed by atoms with Crippen LogP contribution in [0, 0.1) is 11.2 Å².